The van der Waals surface area contributed by atoms with Crippen molar-refractivity contribution in [3.8, 4) is 0 Å². The second-order valence-corrected chi connectivity index (χ2v) is 12.5. The fraction of sp³-hybridized carbons (Fsp3) is 0.733. The average Bonchev–Trinajstić information content (AvgIpc) is 2.70. The molecule has 0 radical (unpaired) electrons. The maximum absolute atomic E-state index is 11.6. The van der Waals surface area contributed by atoms with Gasteiger partial charge in [0.1, 0.15) is 0 Å². The lowest BCUT2D eigenvalue weighted by Gasteiger charge is -2.24. The normalized spacial score (nSPS) is 12.4. The standard InChI is InChI=1S/C15H30O10Si2/c1-20-26(12-16,13-17)10-5-8-24-14(18)6-7-15(19)25-9-11-27(21-2,22-3)23-4/h6-7,16-17H,5,8-13H2,1-4H3/b7-6+. The number of hydrogen-bond donors (Lipinski definition) is 2. The number of ether oxygens (including phenoxy) is 2. The number of carbonyl (C=O) groups excluding carboxylic acids is 2. The number of carbonyl (C=O) groups is 2. The van der Waals surface area contributed by atoms with E-state index in [1.54, 1.807) is 0 Å². The Bertz CT molecular complexity index is 447. The fourth-order valence-corrected chi connectivity index (χ4v) is 5.20. The van der Waals surface area contributed by atoms with Gasteiger partial charge in [0.05, 0.1) is 31.7 Å². The Morgan fingerprint density at radius 3 is 1.67 bits per heavy atom. The third-order valence-corrected chi connectivity index (χ3v) is 9.94. The highest BCUT2D eigenvalue weighted by atomic mass is 28.4. The summed E-state index contributed by atoms with van der Waals surface area (Å²) in [5.41, 5.74) is 0. The van der Waals surface area contributed by atoms with E-state index in [2.05, 4.69) is 0 Å². The van der Waals surface area contributed by atoms with Gasteiger partial charge in [-0.2, -0.15) is 0 Å². The Balaban J connectivity index is 4.14. The topological polar surface area (TPSA) is 130 Å². The molecule has 0 aromatic heterocycles. The molecule has 0 aliphatic rings. The van der Waals surface area contributed by atoms with E-state index in [4.69, 9.17) is 27.2 Å². The summed E-state index contributed by atoms with van der Waals surface area (Å²) in [7, 11) is 0.431. The van der Waals surface area contributed by atoms with Gasteiger partial charge in [-0.3, -0.25) is 0 Å². The monoisotopic (exact) mass is 426 g/mol. The fourth-order valence-electron chi connectivity index (χ4n) is 2.07. The van der Waals surface area contributed by atoms with Gasteiger partial charge in [-0.25, -0.2) is 9.59 Å². The van der Waals surface area contributed by atoms with Crippen LogP contribution in [0.1, 0.15) is 6.42 Å². The first-order valence-electron chi connectivity index (χ1n) is 8.30. The van der Waals surface area contributed by atoms with Gasteiger partial charge in [0.2, 0.25) is 8.32 Å². The Morgan fingerprint density at radius 1 is 0.778 bits per heavy atom. The van der Waals surface area contributed by atoms with Crippen molar-refractivity contribution in [2.24, 2.45) is 0 Å². The summed E-state index contributed by atoms with van der Waals surface area (Å²) >= 11 is 0. The van der Waals surface area contributed by atoms with Crippen LogP contribution in [0.5, 0.6) is 0 Å². The van der Waals surface area contributed by atoms with E-state index in [0.717, 1.165) is 12.2 Å². The first-order valence-corrected chi connectivity index (χ1v) is 12.8. The van der Waals surface area contributed by atoms with Gasteiger partial charge in [-0.05, 0) is 12.5 Å². The van der Waals surface area contributed by atoms with Crippen LogP contribution < -0.4 is 0 Å². The van der Waals surface area contributed by atoms with Crippen LogP contribution in [0.25, 0.3) is 0 Å². The molecule has 0 saturated carbocycles. The number of esters is 2. The minimum atomic E-state index is -2.81. The molecule has 0 rings (SSSR count). The van der Waals surface area contributed by atoms with Crippen LogP contribution in [0.3, 0.4) is 0 Å². The predicted octanol–water partition coefficient (Wildman–Crippen LogP) is -0.448. The second-order valence-electron chi connectivity index (χ2n) is 5.52. The zero-order valence-electron chi connectivity index (χ0n) is 16.3. The lowest BCUT2D eigenvalue weighted by atomic mass is 10.5. The third-order valence-electron chi connectivity index (χ3n) is 3.97. The molecule has 27 heavy (non-hydrogen) atoms. The molecule has 0 aromatic rings. The summed E-state index contributed by atoms with van der Waals surface area (Å²) in [4.78, 5) is 23.2. The van der Waals surface area contributed by atoms with Crippen LogP contribution in [0.15, 0.2) is 12.2 Å². The van der Waals surface area contributed by atoms with Crippen LogP contribution in [0.2, 0.25) is 12.1 Å². The Morgan fingerprint density at radius 2 is 1.26 bits per heavy atom. The van der Waals surface area contributed by atoms with Crippen molar-refractivity contribution in [1.29, 1.82) is 0 Å². The van der Waals surface area contributed by atoms with Crippen LogP contribution in [0.4, 0.5) is 0 Å². The lowest BCUT2D eigenvalue weighted by Crippen LogP contribution is -2.46. The van der Waals surface area contributed by atoms with Crippen molar-refractivity contribution in [2.75, 3.05) is 54.1 Å². The SMILES string of the molecule is CO[Si](CO)(CO)CCCOC(=O)/C=C/C(=O)OCC[Si](OC)(OC)OC. The van der Waals surface area contributed by atoms with Crippen LogP contribution in [-0.4, -0.2) is 93.4 Å². The second kappa shape index (κ2) is 14.0. The molecule has 0 aromatic carbocycles. The summed E-state index contributed by atoms with van der Waals surface area (Å²) in [6, 6.07) is 0.723. The zero-order valence-corrected chi connectivity index (χ0v) is 18.3. The molecular formula is C15H30O10Si2. The highest BCUT2D eigenvalue weighted by Gasteiger charge is 2.37. The van der Waals surface area contributed by atoms with Crippen LogP contribution >= 0.6 is 0 Å². The molecule has 0 saturated heterocycles. The largest absolute Gasteiger partial charge is 0.503 e. The summed E-state index contributed by atoms with van der Waals surface area (Å²) < 4.78 is 30.7. The Labute approximate surface area is 161 Å². The van der Waals surface area contributed by atoms with Crippen molar-refractivity contribution >= 4 is 29.1 Å². The number of hydrogen-bond acceptors (Lipinski definition) is 10. The number of aliphatic hydroxyl groups is 2. The minimum Gasteiger partial charge on any atom is -0.463 e. The van der Waals surface area contributed by atoms with Gasteiger partial charge in [0.15, 0.2) is 0 Å². The van der Waals surface area contributed by atoms with E-state index in [0.29, 0.717) is 12.5 Å². The van der Waals surface area contributed by atoms with Crippen molar-refractivity contribution < 1.29 is 47.0 Å². The maximum Gasteiger partial charge on any atom is 0.503 e. The van der Waals surface area contributed by atoms with Crippen molar-refractivity contribution in [2.45, 2.75) is 18.5 Å². The summed E-state index contributed by atoms with van der Waals surface area (Å²) in [6.07, 6.45) is 1.95. The molecule has 0 aliphatic carbocycles. The molecule has 0 unspecified atom stereocenters. The smallest absolute Gasteiger partial charge is 0.463 e. The molecule has 0 heterocycles. The van der Waals surface area contributed by atoms with Gasteiger partial charge in [0.25, 0.3) is 0 Å². The molecule has 12 heteroatoms. The van der Waals surface area contributed by atoms with Gasteiger partial charge in [-0.1, -0.05) is 0 Å². The quantitative estimate of drug-likeness (QED) is 0.154. The molecular weight excluding hydrogens is 396 g/mol. The molecule has 0 amide bonds. The van der Waals surface area contributed by atoms with Gasteiger partial charge < -0.3 is 37.4 Å². The van der Waals surface area contributed by atoms with E-state index in [9.17, 15) is 19.8 Å². The summed E-state index contributed by atoms with van der Waals surface area (Å²) in [5.74, 6) is -1.40. The molecule has 0 atom stereocenters. The number of aliphatic hydroxyl groups excluding tert-OH is 2. The van der Waals surface area contributed by atoms with Gasteiger partial charge in [0, 0.05) is 40.6 Å². The van der Waals surface area contributed by atoms with Crippen molar-refractivity contribution in [1.82, 2.24) is 0 Å². The van der Waals surface area contributed by atoms with Gasteiger partial charge >= 0.3 is 20.7 Å². The van der Waals surface area contributed by atoms with Crippen molar-refractivity contribution in [3.63, 3.8) is 0 Å². The third kappa shape index (κ3) is 9.57. The van der Waals surface area contributed by atoms with E-state index in [1.165, 1.54) is 28.4 Å². The molecule has 0 bridgehead atoms. The van der Waals surface area contributed by atoms with E-state index < -0.39 is 29.1 Å². The highest BCUT2D eigenvalue weighted by Crippen LogP contribution is 2.13. The van der Waals surface area contributed by atoms with Crippen LogP contribution in [0, 0.1) is 0 Å². The molecule has 0 spiro atoms. The molecule has 0 fully saturated rings. The minimum absolute atomic E-state index is 0.0199. The van der Waals surface area contributed by atoms with Crippen molar-refractivity contribution in [3.05, 3.63) is 12.2 Å². The molecule has 10 nitrogen and oxygen atoms in total. The lowest BCUT2D eigenvalue weighted by molar-refractivity contribution is -0.140. The van der Waals surface area contributed by atoms with E-state index in [1.807, 2.05) is 0 Å². The Hall–Kier alpha value is -1.13. The highest BCUT2D eigenvalue weighted by molar-refractivity contribution is 6.73. The average molecular weight is 427 g/mol. The van der Waals surface area contributed by atoms with Gasteiger partial charge in [-0.15, -0.1) is 0 Å². The van der Waals surface area contributed by atoms with E-state index in [-0.39, 0.29) is 31.7 Å². The first-order chi connectivity index (χ1) is 12.9. The maximum atomic E-state index is 11.6. The zero-order chi connectivity index (χ0) is 20.8. The van der Waals surface area contributed by atoms with Crippen LogP contribution in [-0.2, 0) is 36.8 Å². The first kappa shape index (κ1) is 25.9. The molecule has 2 N–H and O–H groups in total. The Kier molecular flexibility index (Phi) is 13.4. The summed E-state index contributed by atoms with van der Waals surface area (Å²) in [5, 5.41) is 18.6. The predicted molar refractivity (Wildman–Crippen MR) is 99.0 cm³/mol. The molecule has 0 aliphatic heterocycles. The molecule has 158 valence electrons. The van der Waals surface area contributed by atoms with E-state index >= 15 is 0 Å². The number of rotatable bonds is 15. The summed E-state index contributed by atoms with van der Waals surface area (Å²) in [6.45, 7) is 0.103.